The highest BCUT2D eigenvalue weighted by atomic mass is 35.5. The van der Waals surface area contributed by atoms with Crippen LogP contribution in [0.4, 0.5) is 0 Å². The van der Waals surface area contributed by atoms with Gasteiger partial charge in [-0.1, -0.05) is 55.5 Å². The second-order valence-electron chi connectivity index (χ2n) is 6.66. The van der Waals surface area contributed by atoms with Crippen molar-refractivity contribution < 1.29 is 14.2 Å². The van der Waals surface area contributed by atoms with Gasteiger partial charge in [-0.05, 0) is 18.6 Å². The van der Waals surface area contributed by atoms with Crippen LogP contribution in [-0.4, -0.2) is 40.7 Å². The van der Waals surface area contributed by atoms with Crippen LogP contribution in [0.2, 0.25) is 10.0 Å². The molecule has 27 heavy (non-hydrogen) atoms. The Hall–Kier alpha value is -1.18. The standard InChI is InChI=1S/C19H25Cl2N3O3/c1-2-3-4-5-8-25-10-16-11-26-19(27-16,12-24-14-22-13-23-24)17-7-6-15(20)9-18(17)21/h6-7,9,13-14,16H,2-5,8,10-12H2,1H3/t16-,19-/m1/s1. The van der Waals surface area contributed by atoms with Crippen molar-refractivity contribution in [3.05, 3.63) is 46.5 Å². The molecule has 1 aromatic heterocycles. The summed E-state index contributed by atoms with van der Waals surface area (Å²) in [4.78, 5) is 3.99. The summed E-state index contributed by atoms with van der Waals surface area (Å²) in [7, 11) is 0. The number of hydrogen-bond donors (Lipinski definition) is 0. The number of nitrogens with zero attached hydrogens (tertiary/aromatic N) is 3. The average molecular weight is 414 g/mol. The van der Waals surface area contributed by atoms with Crippen LogP contribution in [0.25, 0.3) is 0 Å². The van der Waals surface area contributed by atoms with Crippen LogP contribution < -0.4 is 0 Å². The van der Waals surface area contributed by atoms with E-state index in [9.17, 15) is 0 Å². The molecule has 8 heteroatoms. The van der Waals surface area contributed by atoms with Crippen LogP contribution >= 0.6 is 23.2 Å². The van der Waals surface area contributed by atoms with Crippen molar-refractivity contribution in [1.29, 1.82) is 0 Å². The Morgan fingerprint density at radius 2 is 2.19 bits per heavy atom. The van der Waals surface area contributed by atoms with Gasteiger partial charge in [0.15, 0.2) is 0 Å². The van der Waals surface area contributed by atoms with Gasteiger partial charge >= 0.3 is 0 Å². The summed E-state index contributed by atoms with van der Waals surface area (Å²) in [5, 5.41) is 5.22. The predicted octanol–water partition coefficient (Wildman–Crippen LogP) is 4.45. The van der Waals surface area contributed by atoms with E-state index in [2.05, 4.69) is 17.0 Å². The maximum absolute atomic E-state index is 6.44. The lowest BCUT2D eigenvalue weighted by molar-refractivity contribution is -0.193. The molecule has 0 bridgehead atoms. The van der Waals surface area contributed by atoms with Crippen LogP contribution in [-0.2, 0) is 26.5 Å². The van der Waals surface area contributed by atoms with E-state index in [4.69, 9.17) is 37.4 Å². The second kappa shape index (κ2) is 9.85. The van der Waals surface area contributed by atoms with Gasteiger partial charge in [-0.2, -0.15) is 5.10 Å². The average Bonchev–Trinajstić information content (AvgIpc) is 3.29. The first-order valence-electron chi connectivity index (χ1n) is 9.30. The SMILES string of the molecule is CCCCCCOC[C@@H]1CO[C@@](Cn2cncn2)(c2ccc(Cl)cc2Cl)O1. The van der Waals surface area contributed by atoms with Gasteiger partial charge < -0.3 is 14.2 Å². The third-order valence-electron chi connectivity index (χ3n) is 4.48. The monoisotopic (exact) mass is 413 g/mol. The van der Waals surface area contributed by atoms with Crippen molar-refractivity contribution in [1.82, 2.24) is 14.8 Å². The minimum atomic E-state index is -1.05. The maximum Gasteiger partial charge on any atom is 0.217 e. The van der Waals surface area contributed by atoms with Crippen LogP contribution in [0.1, 0.15) is 38.2 Å². The Labute approximate surface area is 169 Å². The van der Waals surface area contributed by atoms with Crippen molar-refractivity contribution in [3.8, 4) is 0 Å². The molecule has 2 heterocycles. The van der Waals surface area contributed by atoms with Gasteiger partial charge in [0.05, 0.1) is 18.2 Å². The highest BCUT2D eigenvalue weighted by Gasteiger charge is 2.45. The van der Waals surface area contributed by atoms with E-state index in [1.165, 1.54) is 25.6 Å². The Morgan fingerprint density at radius 1 is 1.30 bits per heavy atom. The van der Waals surface area contributed by atoms with Crippen molar-refractivity contribution in [2.24, 2.45) is 0 Å². The normalized spacial score (nSPS) is 22.4. The lowest BCUT2D eigenvalue weighted by Gasteiger charge is -2.29. The number of benzene rings is 1. The van der Waals surface area contributed by atoms with Crippen molar-refractivity contribution in [2.45, 2.75) is 51.0 Å². The molecule has 6 nitrogen and oxygen atoms in total. The number of rotatable bonds is 10. The molecule has 0 saturated carbocycles. The van der Waals surface area contributed by atoms with Gasteiger partial charge in [0.1, 0.15) is 25.3 Å². The first kappa shape index (κ1) is 20.6. The first-order chi connectivity index (χ1) is 13.1. The topological polar surface area (TPSA) is 58.4 Å². The fourth-order valence-corrected chi connectivity index (χ4v) is 3.68. The largest absolute Gasteiger partial charge is 0.379 e. The second-order valence-corrected chi connectivity index (χ2v) is 7.50. The molecule has 2 atom stereocenters. The van der Waals surface area contributed by atoms with Gasteiger partial charge in [0.2, 0.25) is 5.79 Å². The minimum Gasteiger partial charge on any atom is -0.379 e. The van der Waals surface area contributed by atoms with Gasteiger partial charge in [-0.25, -0.2) is 9.67 Å². The molecule has 2 aromatic rings. The highest BCUT2D eigenvalue weighted by Crippen LogP contribution is 2.40. The number of hydrogen-bond acceptors (Lipinski definition) is 5. The summed E-state index contributed by atoms with van der Waals surface area (Å²) in [5.41, 5.74) is 0.717. The number of unbranched alkanes of at least 4 members (excludes halogenated alkanes) is 3. The van der Waals surface area contributed by atoms with E-state index in [0.29, 0.717) is 29.8 Å². The van der Waals surface area contributed by atoms with E-state index in [1.807, 2.05) is 6.07 Å². The van der Waals surface area contributed by atoms with Crippen molar-refractivity contribution in [2.75, 3.05) is 19.8 Å². The van der Waals surface area contributed by atoms with Crippen LogP contribution in [0, 0.1) is 0 Å². The Kier molecular flexibility index (Phi) is 7.49. The molecule has 3 rings (SSSR count). The molecule has 1 aromatic carbocycles. The van der Waals surface area contributed by atoms with Gasteiger partial charge in [0.25, 0.3) is 0 Å². The lowest BCUT2D eigenvalue weighted by atomic mass is 10.1. The molecule has 1 saturated heterocycles. The quantitative estimate of drug-likeness (QED) is 0.538. The Bertz CT molecular complexity index is 714. The summed E-state index contributed by atoms with van der Waals surface area (Å²) in [5.74, 6) is -1.05. The van der Waals surface area contributed by atoms with Crippen LogP contribution in [0.15, 0.2) is 30.9 Å². The molecule has 0 unspecified atom stereocenters. The highest BCUT2D eigenvalue weighted by molar-refractivity contribution is 6.35. The summed E-state index contributed by atoms with van der Waals surface area (Å²) < 4.78 is 19.9. The van der Waals surface area contributed by atoms with Gasteiger partial charge in [0, 0.05) is 17.2 Å². The summed E-state index contributed by atoms with van der Waals surface area (Å²) in [6.07, 6.45) is 7.63. The fraction of sp³-hybridized carbons (Fsp3) is 0.579. The molecule has 1 fully saturated rings. The third kappa shape index (κ3) is 5.42. The third-order valence-corrected chi connectivity index (χ3v) is 5.03. The lowest BCUT2D eigenvalue weighted by Crippen LogP contribution is -2.35. The molecule has 0 radical (unpaired) electrons. The van der Waals surface area contributed by atoms with Crippen molar-refractivity contribution in [3.63, 3.8) is 0 Å². The van der Waals surface area contributed by atoms with Gasteiger partial charge in [-0.3, -0.25) is 0 Å². The zero-order chi connectivity index (χ0) is 19.1. The number of aromatic nitrogens is 3. The zero-order valence-electron chi connectivity index (χ0n) is 15.4. The summed E-state index contributed by atoms with van der Waals surface area (Å²) in [6.45, 7) is 4.17. The molecule has 0 N–H and O–H groups in total. The predicted molar refractivity (Wildman–Crippen MR) is 104 cm³/mol. The molecule has 0 aliphatic carbocycles. The number of halogens is 2. The minimum absolute atomic E-state index is 0.175. The van der Waals surface area contributed by atoms with Crippen molar-refractivity contribution >= 4 is 23.2 Å². The molecule has 0 amide bonds. The molecule has 1 aliphatic rings. The molecular weight excluding hydrogens is 389 g/mol. The van der Waals surface area contributed by atoms with E-state index in [-0.39, 0.29) is 6.10 Å². The van der Waals surface area contributed by atoms with Crippen LogP contribution in [0.5, 0.6) is 0 Å². The van der Waals surface area contributed by atoms with Gasteiger partial charge in [-0.15, -0.1) is 0 Å². The molecular formula is C19H25Cl2N3O3. The summed E-state index contributed by atoms with van der Waals surface area (Å²) in [6, 6.07) is 5.29. The Balaban J connectivity index is 1.67. The fourth-order valence-electron chi connectivity index (χ4n) is 3.13. The zero-order valence-corrected chi connectivity index (χ0v) is 17.0. The van der Waals surface area contributed by atoms with E-state index in [0.717, 1.165) is 18.6 Å². The van der Waals surface area contributed by atoms with E-state index < -0.39 is 5.79 Å². The summed E-state index contributed by atoms with van der Waals surface area (Å²) >= 11 is 12.5. The molecule has 148 valence electrons. The first-order valence-corrected chi connectivity index (χ1v) is 10.1. The van der Waals surface area contributed by atoms with Crippen LogP contribution in [0.3, 0.4) is 0 Å². The smallest absolute Gasteiger partial charge is 0.217 e. The Morgan fingerprint density at radius 3 is 2.93 bits per heavy atom. The van der Waals surface area contributed by atoms with E-state index in [1.54, 1.807) is 23.1 Å². The molecule has 1 aliphatic heterocycles. The number of ether oxygens (including phenoxy) is 3. The van der Waals surface area contributed by atoms with E-state index >= 15 is 0 Å². The maximum atomic E-state index is 6.44. The molecule has 0 spiro atoms.